The molecule has 2 atom stereocenters. The first kappa shape index (κ1) is 31.6. The van der Waals surface area contributed by atoms with Gasteiger partial charge in [-0.25, -0.2) is 8.42 Å². The molecule has 2 aromatic carbocycles. The number of hydrogen-bond acceptors (Lipinski definition) is 6. The van der Waals surface area contributed by atoms with Crippen molar-refractivity contribution in [1.82, 2.24) is 9.62 Å². The zero-order valence-corrected chi connectivity index (χ0v) is 23.3. The van der Waals surface area contributed by atoms with Gasteiger partial charge in [-0.3, -0.25) is 4.90 Å². The van der Waals surface area contributed by atoms with Crippen LogP contribution in [0.15, 0.2) is 53.4 Å². The zero-order valence-electron chi connectivity index (χ0n) is 22.5. The summed E-state index contributed by atoms with van der Waals surface area (Å²) < 4.78 is 105. The van der Waals surface area contributed by atoms with Crippen molar-refractivity contribution in [3.8, 4) is 5.75 Å². The second-order valence-corrected chi connectivity index (χ2v) is 12.6. The maximum absolute atomic E-state index is 15.9. The van der Waals surface area contributed by atoms with Crippen molar-refractivity contribution in [2.75, 3.05) is 19.7 Å². The molecule has 1 aliphatic heterocycles. The molecule has 41 heavy (non-hydrogen) atoms. The summed E-state index contributed by atoms with van der Waals surface area (Å²) in [5, 5.41) is 11.0. The van der Waals surface area contributed by atoms with E-state index < -0.39 is 45.5 Å². The molecule has 2 fully saturated rings. The van der Waals surface area contributed by atoms with E-state index in [0.717, 1.165) is 25.7 Å². The minimum atomic E-state index is -4.74. The van der Waals surface area contributed by atoms with Crippen molar-refractivity contribution in [3.05, 3.63) is 59.7 Å². The normalized spacial score (nSPS) is 20.1. The highest BCUT2D eigenvalue weighted by Gasteiger charge is 2.50. The number of halogens is 5. The fourth-order valence-electron chi connectivity index (χ4n) is 5.30. The lowest BCUT2D eigenvalue weighted by Crippen LogP contribution is -2.60. The van der Waals surface area contributed by atoms with E-state index in [1.807, 2.05) is 4.72 Å². The number of aliphatic hydroxyl groups is 1. The van der Waals surface area contributed by atoms with Gasteiger partial charge < -0.3 is 15.6 Å². The Labute approximate surface area is 236 Å². The van der Waals surface area contributed by atoms with Crippen LogP contribution in [0.2, 0.25) is 0 Å². The van der Waals surface area contributed by atoms with Gasteiger partial charge in [0.15, 0.2) is 0 Å². The van der Waals surface area contributed by atoms with Crippen LogP contribution in [0.5, 0.6) is 5.75 Å². The average molecular weight is 606 g/mol. The highest BCUT2D eigenvalue weighted by Crippen LogP contribution is 2.38. The highest BCUT2D eigenvalue weighted by molar-refractivity contribution is 7.89. The Hall–Kier alpha value is -2.32. The molecule has 1 aliphatic carbocycles. The number of aliphatic hydroxyl groups excluding tert-OH is 1. The number of rotatable bonds is 10. The number of likely N-dealkylation sites (tertiary alicyclic amines) is 1. The van der Waals surface area contributed by atoms with E-state index in [1.54, 1.807) is 0 Å². The van der Waals surface area contributed by atoms with Gasteiger partial charge in [-0.1, -0.05) is 31.4 Å². The molecule has 1 saturated heterocycles. The summed E-state index contributed by atoms with van der Waals surface area (Å²) in [6.07, 6.45) is -0.326. The predicted octanol–water partition coefficient (Wildman–Crippen LogP) is 4.84. The van der Waals surface area contributed by atoms with Crippen molar-refractivity contribution < 1.29 is 40.2 Å². The molecule has 0 radical (unpaired) electrons. The summed E-state index contributed by atoms with van der Waals surface area (Å²) in [5.74, 6) is -3.22. The fraction of sp³-hybridized carbons (Fsp3) is 0.571. The lowest BCUT2D eigenvalue weighted by atomic mass is 9.90. The first-order valence-corrected chi connectivity index (χ1v) is 15.2. The maximum Gasteiger partial charge on any atom is 0.416 e. The number of sulfonamides is 1. The molecule has 0 aromatic heterocycles. The Morgan fingerprint density at radius 1 is 0.902 bits per heavy atom. The van der Waals surface area contributed by atoms with E-state index in [-0.39, 0.29) is 24.0 Å². The smallest absolute Gasteiger partial charge is 0.416 e. The van der Waals surface area contributed by atoms with Gasteiger partial charge in [0.1, 0.15) is 18.0 Å². The second-order valence-electron chi connectivity index (χ2n) is 10.9. The lowest BCUT2D eigenvalue weighted by molar-refractivity contribution is -0.138. The number of hydrogen-bond donors (Lipinski definition) is 3. The zero-order chi connectivity index (χ0) is 29.8. The van der Waals surface area contributed by atoms with Crippen LogP contribution in [0.1, 0.15) is 56.1 Å². The molecule has 228 valence electrons. The van der Waals surface area contributed by atoms with E-state index >= 15 is 8.78 Å². The molecule has 1 heterocycles. The third-order valence-corrected chi connectivity index (χ3v) is 9.32. The van der Waals surface area contributed by atoms with Crippen LogP contribution in [-0.2, 0) is 22.1 Å². The molecule has 0 amide bonds. The van der Waals surface area contributed by atoms with Crippen LogP contribution in [-0.4, -0.2) is 56.4 Å². The highest BCUT2D eigenvalue weighted by atomic mass is 32.2. The van der Waals surface area contributed by atoms with Crippen molar-refractivity contribution in [1.29, 1.82) is 0 Å². The summed E-state index contributed by atoms with van der Waals surface area (Å²) in [4.78, 5) is 0.958. The summed E-state index contributed by atoms with van der Waals surface area (Å²) in [6.45, 7) is 0.769. The molecule has 1 unspecified atom stereocenters. The van der Waals surface area contributed by atoms with Gasteiger partial charge in [0.05, 0.1) is 17.1 Å². The van der Waals surface area contributed by atoms with Crippen molar-refractivity contribution in [3.63, 3.8) is 0 Å². The molecule has 0 spiro atoms. The SMILES string of the molecule is NC1CCN(C(O)[C@@H](NS(=O)(=O)c2ccc(OCC3CCCCC3)cc2)C(F)(F)c2ccc(C(F)(F)F)cc2)CC1. The minimum Gasteiger partial charge on any atom is -0.493 e. The van der Waals surface area contributed by atoms with Gasteiger partial charge in [0.2, 0.25) is 10.0 Å². The first-order valence-electron chi connectivity index (χ1n) is 13.8. The number of benzene rings is 2. The van der Waals surface area contributed by atoms with Crippen molar-refractivity contribution >= 4 is 10.0 Å². The third kappa shape index (κ3) is 7.95. The summed E-state index contributed by atoms with van der Waals surface area (Å²) in [6, 6.07) is 4.86. The number of ether oxygens (including phenoxy) is 1. The van der Waals surface area contributed by atoms with Crippen molar-refractivity contribution in [2.24, 2.45) is 11.7 Å². The Morgan fingerprint density at radius 2 is 1.46 bits per heavy atom. The first-order chi connectivity index (χ1) is 19.3. The van der Waals surface area contributed by atoms with Gasteiger partial charge in [-0.15, -0.1) is 0 Å². The summed E-state index contributed by atoms with van der Waals surface area (Å²) in [5.41, 5.74) is 3.87. The number of nitrogens with zero attached hydrogens (tertiary/aromatic N) is 1. The van der Waals surface area contributed by atoms with Gasteiger partial charge in [0.25, 0.3) is 5.92 Å². The average Bonchev–Trinajstić information content (AvgIpc) is 2.95. The molecule has 13 heteroatoms. The molecule has 4 N–H and O–H groups in total. The van der Waals surface area contributed by atoms with Crippen molar-refractivity contribution in [2.45, 2.75) is 80.3 Å². The Kier molecular flexibility index (Phi) is 9.95. The number of alkyl halides is 5. The molecule has 2 aliphatic rings. The van der Waals surface area contributed by atoms with Gasteiger partial charge in [0, 0.05) is 24.7 Å². The third-order valence-electron chi connectivity index (χ3n) is 7.86. The van der Waals surface area contributed by atoms with Crippen LogP contribution in [0.4, 0.5) is 22.0 Å². The van der Waals surface area contributed by atoms with Gasteiger partial charge in [-0.2, -0.15) is 26.7 Å². The van der Waals surface area contributed by atoms with Gasteiger partial charge in [-0.05, 0) is 68.0 Å². The van der Waals surface area contributed by atoms with E-state index in [2.05, 4.69) is 0 Å². The maximum atomic E-state index is 15.9. The lowest BCUT2D eigenvalue weighted by Gasteiger charge is -2.40. The second kappa shape index (κ2) is 12.9. The van der Waals surface area contributed by atoms with E-state index in [0.29, 0.717) is 55.4 Å². The molecule has 1 saturated carbocycles. The fourth-order valence-corrected chi connectivity index (χ4v) is 6.53. The quantitative estimate of drug-likeness (QED) is 0.335. The Morgan fingerprint density at radius 3 is 2.02 bits per heavy atom. The van der Waals surface area contributed by atoms with Crippen LogP contribution >= 0.6 is 0 Å². The van der Waals surface area contributed by atoms with E-state index in [4.69, 9.17) is 10.5 Å². The predicted molar refractivity (Wildman–Crippen MR) is 143 cm³/mol. The largest absolute Gasteiger partial charge is 0.493 e. The molecule has 7 nitrogen and oxygen atoms in total. The summed E-state index contributed by atoms with van der Waals surface area (Å²) >= 11 is 0. The van der Waals surface area contributed by atoms with Crippen LogP contribution in [0.3, 0.4) is 0 Å². The topological polar surface area (TPSA) is 105 Å². The number of nitrogens with two attached hydrogens (primary N) is 1. The van der Waals surface area contributed by atoms with Crippen LogP contribution < -0.4 is 15.2 Å². The molecular formula is C28H36F5N3O4S. The molecule has 2 aromatic rings. The Bertz CT molecular complexity index is 1230. The van der Waals surface area contributed by atoms with Gasteiger partial charge >= 0.3 is 6.18 Å². The molecule has 4 rings (SSSR count). The molecular weight excluding hydrogens is 569 g/mol. The standard InChI is InChI=1S/C28H36F5N3O4S/c29-27(30,20-6-8-21(9-7-20)28(31,32)33)25(26(37)36-16-14-22(34)15-17-36)35-41(38,39)24-12-10-23(11-13-24)40-18-19-4-2-1-3-5-19/h6-13,19,22,25-26,35,37H,1-5,14-18,34H2/t25-,26?/m1/s1. The van der Waals surface area contributed by atoms with E-state index in [9.17, 15) is 26.7 Å². The Balaban J connectivity index is 1.56. The summed E-state index contributed by atoms with van der Waals surface area (Å²) in [7, 11) is -4.61. The van der Waals surface area contributed by atoms with E-state index in [1.165, 1.54) is 35.6 Å². The molecule has 0 bridgehead atoms. The van der Waals surface area contributed by atoms with Crippen LogP contribution in [0.25, 0.3) is 0 Å². The number of piperidine rings is 1. The monoisotopic (exact) mass is 605 g/mol. The minimum absolute atomic E-state index is 0.136. The number of nitrogens with one attached hydrogen (secondary N) is 1. The van der Waals surface area contributed by atoms with Crippen LogP contribution in [0, 0.1) is 5.92 Å².